The first kappa shape index (κ1) is 19.9. The number of amides is 1. The van der Waals surface area contributed by atoms with Gasteiger partial charge in [-0.15, -0.1) is 24.8 Å². The van der Waals surface area contributed by atoms with Crippen LogP contribution in [0.4, 0.5) is 13.2 Å². The van der Waals surface area contributed by atoms with E-state index in [1.807, 2.05) is 0 Å². The van der Waals surface area contributed by atoms with E-state index in [9.17, 15) is 18.0 Å². The number of pyridine rings is 1. The molecule has 0 aliphatic carbocycles. The van der Waals surface area contributed by atoms with Crippen molar-refractivity contribution >= 4 is 30.7 Å². The number of alkyl halides is 3. The van der Waals surface area contributed by atoms with Gasteiger partial charge in [-0.1, -0.05) is 0 Å². The van der Waals surface area contributed by atoms with Gasteiger partial charge in [-0.05, 0) is 25.1 Å². The maximum Gasteiger partial charge on any atom is 0.417 e. The summed E-state index contributed by atoms with van der Waals surface area (Å²) in [5, 5.41) is 3.13. The van der Waals surface area contributed by atoms with Crippen LogP contribution in [0, 0.1) is 0 Å². The molecule has 0 radical (unpaired) electrons. The summed E-state index contributed by atoms with van der Waals surface area (Å²) in [7, 11) is 1.64. The molecule has 1 amide bonds. The van der Waals surface area contributed by atoms with Crippen LogP contribution in [0.5, 0.6) is 0 Å². The van der Waals surface area contributed by atoms with Gasteiger partial charge in [-0.2, -0.15) is 13.2 Å². The Morgan fingerprint density at radius 1 is 1.38 bits per heavy atom. The Labute approximate surface area is 132 Å². The summed E-state index contributed by atoms with van der Waals surface area (Å²) >= 11 is 0. The quantitative estimate of drug-likeness (QED) is 0.894. The molecule has 1 aromatic heterocycles. The summed E-state index contributed by atoms with van der Waals surface area (Å²) in [5.41, 5.74) is -0.823. The molecule has 0 bridgehead atoms. The molecule has 9 heteroatoms. The third kappa shape index (κ3) is 4.72. The number of aromatic nitrogens is 1. The largest absolute Gasteiger partial charge is 0.417 e. The Balaban J connectivity index is 0.00000200. The monoisotopic (exact) mass is 345 g/mol. The van der Waals surface area contributed by atoms with E-state index in [2.05, 4.69) is 10.3 Å². The SMILES string of the molecule is CN(C(=O)c1ccc(C(F)(F)F)cn1)C1CCNC1.Cl.Cl. The number of rotatable bonds is 2. The van der Waals surface area contributed by atoms with E-state index in [1.54, 1.807) is 7.05 Å². The predicted molar refractivity (Wildman–Crippen MR) is 77.1 cm³/mol. The molecule has 4 nitrogen and oxygen atoms in total. The van der Waals surface area contributed by atoms with Crippen molar-refractivity contribution in [1.82, 2.24) is 15.2 Å². The first-order valence-corrected chi connectivity index (χ1v) is 5.90. The van der Waals surface area contributed by atoms with E-state index >= 15 is 0 Å². The minimum absolute atomic E-state index is 0. The van der Waals surface area contributed by atoms with Crippen molar-refractivity contribution < 1.29 is 18.0 Å². The van der Waals surface area contributed by atoms with E-state index < -0.39 is 11.7 Å². The Morgan fingerprint density at radius 3 is 2.48 bits per heavy atom. The lowest BCUT2D eigenvalue weighted by atomic mass is 10.2. The van der Waals surface area contributed by atoms with Crippen molar-refractivity contribution in [2.24, 2.45) is 0 Å². The minimum Gasteiger partial charge on any atom is -0.336 e. The summed E-state index contributed by atoms with van der Waals surface area (Å²) in [6.45, 7) is 1.53. The average molecular weight is 346 g/mol. The van der Waals surface area contributed by atoms with E-state index in [-0.39, 0.29) is 42.5 Å². The van der Waals surface area contributed by atoms with Crippen LogP contribution in [0.25, 0.3) is 0 Å². The molecule has 0 spiro atoms. The van der Waals surface area contributed by atoms with Crippen molar-refractivity contribution in [3.05, 3.63) is 29.6 Å². The van der Waals surface area contributed by atoms with Crippen LogP contribution in [-0.2, 0) is 6.18 Å². The third-order valence-corrected chi connectivity index (χ3v) is 3.21. The molecule has 2 rings (SSSR count). The molecule has 21 heavy (non-hydrogen) atoms. The molecule has 1 aromatic rings. The van der Waals surface area contributed by atoms with Crippen molar-refractivity contribution in [3.8, 4) is 0 Å². The topological polar surface area (TPSA) is 45.2 Å². The van der Waals surface area contributed by atoms with Crippen LogP contribution < -0.4 is 5.32 Å². The Bertz CT molecular complexity index is 462. The van der Waals surface area contributed by atoms with Gasteiger partial charge in [-0.3, -0.25) is 9.78 Å². The van der Waals surface area contributed by atoms with Crippen LogP contribution in [-0.4, -0.2) is 42.0 Å². The van der Waals surface area contributed by atoms with Crippen molar-refractivity contribution in [1.29, 1.82) is 0 Å². The highest BCUT2D eigenvalue weighted by molar-refractivity contribution is 5.92. The van der Waals surface area contributed by atoms with Crippen LogP contribution in [0.3, 0.4) is 0 Å². The Kier molecular flexibility index (Phi) is 7.43. The summed E-state index contributed by atoms with van der Waals surface area (Å²) < 4.78 is 37.1. The van der Waals surface area contributed by atoms with Crippen molar-refractivity contribution in [3.63, 3.8) is 0 Å². The number of likely N-dealkylation sites (N-methyl/N-ethyl adjacent to an activating group) is 1. The predicted octanol–water partition coefficient (Wildman–Crippen LogP) is 2.38. The van der Waals surface area contributed by atoms with Gasteiger partial charge < -0.3 is 10.2 Å². The zero-order valence-electron chi connectivity index (χ0n) is 11.2. The van der Waals surface area contributed by atoms with Gasteiger partial charge in [0.1, 0.15) is 5.69 Å². The highest BCUT2D eigenvalue weighted by atomic mass is 35.5. The van der Waals surface area contributed by atoms with Crippen LogP contribution >= 0.6 is 24.8 Å². The first-order valence-electron chi connectivity index (χ1n) is 5.90. The summed E-state index contributed by atoms with van der Waals surface area (Å²) in [4.78, 5) is 17.2. The molecule has 1 aliphatic heterocycles. The van der Waals surface area contributed by atoms with E-state index in [4.69, 9.17) is 0 Å². The molecule has 1 N–H and O–H groups in total. The van der Waals surface area contributed by atoms with E-state index in [1.165, 1.54) is 4.90 Å². The second-order valence-electron chi connectivity index (χ2n) is 4.49. The molecular formula is C12H16Cl2F3N3O. The van der Waals surface area contributed by atoms with E-state index in [0.29, 0.717) is 12.7 Å². The molecular weight excluding hydrogens is 330 g/mol. The fourth-order valence-electron chi connectivity index (χ4n) is 2.00. The van der Waals surface area contributed by atoms with E-state index in [0.717, 1.165) is 25.1 Å². The molecule has 0 aromatic carbocycles. The van der Waals surface area contributed by atoms with Crippen molar-refractivity contribution in [2.45, 2.75) is 18.6 Å². The normalized spacial score (nSPS) is 17.6. The lowest BCUT2D eigenvalue weighted by Gasteiger charge is -2.23. The van der Waals surface area contributed by atoms with Gasteiger partial charge in [-0.25, -0.2) is 0 Å². The zero-order chi connectivity index (χ0) is 14.0. The zero-order valence-corrected chi connectivity index (χ0v) is 12.8. The number of nitrogens with one attached hydrogen (secondary N) is 1. The lowest BCUT2D eigenvalue weighted by molar-refractivity contribution is -0.137. The second-order valence-corrected chi connectivity index (χ2v) is 4.49. The molecule has 1 unspecified atom stereocenters. The van der Waals surface area contributed by atoms with Gasteiger partial charge >= 0.3 is 6.18 Å². The number of hydrogen-bond acceptors (Lipinski definition) is 3. The highest BCUT2D eigenvalue weighted by Gasteiger charge is 2.31. The molecule has 1 atom stereocenters. The van der Waals surface area contributed by atoms with Gasteiger partial charge in [0.25, 0.3) is 5.91 Å². The van der Waals surface area contributed by atoms with Crippen molar-refractivity contribution in [2.75, 3.05) is 20.1 Å². The molecule has 1 aliphatic rings. The third-order valence-electron chi connectivity index (χ3n) is 3.21. The lowest BCUT2D eigenvalue weighted by Crippen LogP contribution is -2.38. The number of carbonyl (C=O) groups excluding carboxylic acids is 1. The van der Waals surface area contributed by atoms with Crippen LogP contribution in [0.15, 0.2) is 18.3 Å². The molecule has 120 valence electrons. The van der Waals surface area contributed by atoms with Crippen LogP contribution in [0.1, 0.15) is 22.5 Å². The van der Waals surface area contributed by atoms with Gasteiger partial charge in [0.15, 0.2) is 0 Å². The summed E-state index contributed by atoms with van der Waals surface area (Å²) in [5.74, 6) is -0.359. The highest BCUT2D eigenvalue weighted by Crippen LogP contribution is 2.28. The first-order chi connectivity index (χ1) is 8.89. The maximum absolute atomic E-state index is 12.4. The Hall–Kier alpha value is -1.05. The molecule has 0 saturated carbocycles. The molecule has 2 heterocycles. The summed E-state index contributed by atoms with van der Waals surface area (Å²) in [6.07, 6.45) is -2.91. The number of halogens is 5. The van der Waals surface area contributed by atoms with Gasteiger partial charge in [0.2, 0.25) is 0 Å². The summed E-state index contributed by atoms with van der Waals surface area (Å²) in [6, 6.07) is 2.06. The second kappa shape index (κ2) is 7.82. The molecule has 1 fully saturated rings. The minimum atomic E-state index is -4.43. The Morgan fingerprint density at radius 2 is 2.05 bits per heavy atom. The maximum atomic E-state index is 12.4. The smallest absolute Gasteiger partial charge is 0.336 e. The fourth-order valence-corrected chi connectivity index (χ4v) is 2.00. The standard InChI is InChI=1S/C12H14F3N3O.2ClH/c1-18(9-4-5-16-7-9)11(19)10-3-2-8(6-17-10)12(13,14)15;;/h2-3,6,9,16H,4-5,7H2,1H3;2*1H. The average Bonchev–Trinajstić information content (AvgIpc) is 2.90. The fraction of sp³-hybridized carbons (Fsp3) is 0.500. The van der Waals surface area contributed by atoms with Gasteiger partial charge in [0.05, 0.1) is 5.56 Å². The van der Waals surface area contributed by atoms with Gasteiger partial charge in [0, 0.05) is 25.8 Å². The van der Waals surface area contributed by atoms with Crippen LogP contribution in [0.2, 0.25) is 0 Å². The number of hydrogen-bond donors (Lipinski definition) is 1. The molecule has 1 saturated heterocycles. The number of nitrogens with zero attached hydrogens (tertiary/aromatic N) is 2. The number of carbonyl (C=O) groups is 1.